The van der Waals surface area contributed by atoms with E-state index in [2.05, 4.69) is 0 Å². The number of primary amides is 2. The van der Waals surface area contributed by atoms with Gasteiger partial charge in [0.15, 0.2) is 0 Å². The van der Waals surface area contributed by atoms with Gasteiger partial charge in [-0.1, -0.05) is 17.7 Å². The van der Waals surface area contributed by atoms with Gasteiger partial charge >= 0.3 is 0 Å². The molecule has 0 aliphatic carbocycles. The van der Waals surface area contributed by atoms with Crippen molar-refractivity contribution < 1.29 is 14.7 Å². The zero-order valence-electron chi connectivity index (χ0n) is 9.60. The van der Waals surface area contributed by atoms with Crippen LogP contribution in [0.2, 0.25) is 5.02 Å². The molecule has 0 saturated carbocycles. The first-order chi connectivity index (χ1) is 8.43. The van der Waals surface area contributed by atoms with Crippen LogP contribution in [0.3, 0.4) is 0 Å². The van der Waals surface area contributed by atoms with E-state index in [1.54, 1.807) is 18.2 Å². The van der Waals surface area contributed by atoms with Crippen LogP contribution in [0, 0.1) is 0 Å². The molecule has 0 heterocycles. The number of aliphatic hydroxyl groups excluding tert-OH is 1. The summed E-state index contributed by atoms with van der Waals surface area (Å²) in [7, 11) is 0. The molecule has 0 spiro atoms. The quantitative estimate of drug-likeness (QED) is 0.654. The number of anilines is 1. The zero-order chi connectivity index (χ0) is 13.7. The van der Waals surface area contributed by atoms with E-state index in [0.29, 0.717) is 16.3 Å². The SMILES string of the molecule is NC(=O)CN(CC(N)=O)c1cc(Cl)ccc1CO. The second-order valence-electron chi connectivity index (χ2n) is 3.72. The fourth-order valence-corrected chi connectivity index (χ4v) is 1.73. The maximum atomic E-state index is 11.0. The van der Waals surface area contributed by atoms with E-state index in [4.69, 9.17) is 23.1 Å². The average Bonchev–Trinajstić information content (AvgIpc) is 2.26. The lowest BCUT2D eigenvalue weighted by Gasteiger charge is -2.24. The second kappa shape index (κ2) is 6.23. The minimum atomic E-state index is -0.611. The third kappa shape index (κ3) is 3.90. The van der Waals surface area contributed by atoms with Crippen LogP contribution in [-0.4, -0.2) is 30.0 Å². The van der Waals surface area contributed by atoms with E-state index < -0.39 is 11.8 Å². The molecule has 0 aliphatic heterocycles. The second-order valence-corrected chi connectivity index (χ2v) is 4.16. The molecule has 0 aromatic heterocycles. The van der Waals surface area contributed by atoms with Gasteiger partial charge in [0, 0.05) is 16.3 Å². The van der Waals surface area contributed by atoms with Crippen LogP contribution >= 0.6 is 11.6 Å². The van der Waals surface area contributed by atoms with Crippen molar-refractivity contribution in [3.8, 4) is 0 Å². The Balaban J connectivity index is 3.13. The third-order valence-electron chi connectivity index (χ3n) is 2.25. The predicted octanol–water partition coefficient (Wildman–Crippen LogP) is -0.391. The lowest BCUT2D eigenvalue weighted by Crippen LogP contribution is -2.40. The van der Waals surface area contributed by atoms with E-state index in [9.17, 15) is 14.7 Å². The Bertz CT molecular complexity index is 449. The lowest BCUT2D eigenvalue weighted by atomic mass is 10.1. The predicted molar refractivity (Wildman–Crippen MR) is 68.0 cm³/mol. The van der Waals surface area contributed by atoms with Crippen molar-refractivity contribution in [3.05, 3.63) is 28.8 Å². The molecule has 1 aromatic rings. The van der Waals surface area contributed by atoms with Gasteiger partial charge in [-0.15, -0.1) is 0 Å². The highest BCUT2D eigenvalue weighted by molar-refractivity contribution is 6.30. The molecular weight excluding hydrogens is 258 g/mol. The largest absolute Gasteiger partial charge is 0.392 e. The zero-order valence-corrected chi connectivity index (χ0v) is 10.4. The normalized spacial score (nSPS) is 10.1. The van der Waals surface area contributed by atoms with Gasteiger partial charge in [0.2, 0.25) is 11.8 Å². The molecule has 0 aliphatic rings. The number of amides is 2. The van der Waals surface area contributed by atoms with Gasteiger partial charge in [-0.2, -0.15) is 0 Å². The van der Waals surface area contributed by atoms with Crippen LogP contribution in [0.5, 0.6) is 0 Å². The summed E-state index contributed by atoms with van der Waals surface area (Å²) in [6, 6.07) is 4.75. The number of hydrogen-bond acceptors (Lipinski definition) is 4. The molecule has 1 rings (SSSR count). The van der Waals surface area contributed by atoms with Gasteiger partial charge < -0.3 is 21.5 Å². The first-order valence-electron chi connectivity index (χ1n) is 5.15. The maximum Gasteiger partial charge on any atom is 0.236 e. The Morgan fingerprint density at radius 3 is 2.22 bits per heavy atom. The molecule has 0 bridgehead atoms. The van der Waals surface area contributed by atoms with E-state index in [-0.39, 0.29) is 19.7 Å². The van der Waals surface area contributed by atoms with Gasteiger partial charge in [-0.25, -0.2) is 0 Å². The summed E-state index contributed by atoms with van der Waals surface area (Å²) in [5.41, 5.74) is 11.2. The Morgan fingerprint density at radius 1 is 1.22 bits per heavy atom. The molecule has 0 saturated heterocycles. The minimum absolute atomic E-state index is 0.184. The monoisotopic (exact) mass is 271 g/mol. The van der Waals surface area contributed by atoms with E-state index >= 15 is 0 Å². The van der Waals surface area contributed by atoms with Crippen molar-refractivity contribution in [3.63, 3.8) is 0 Å². The Hall–Kier alpha value is -1.79. The lowest BCUT2D eigenvalue weighted by molar-refractivity contribution is -0.117. The molecule has 2 amide bonds. The van der Waals surface area contributed by atoms with E-state index in [1.165, 1.54) is 4.90 Å². The summed E-state index contributed by atoms with van der Waals surface area (Å²) in [5, 5.41) is 9.64. The first-order valence-corrected chi connectivity index (χ1v) is 5.52. The standard InChI is InChI=1S/C11H14ClN3O3/c12-8-2-1-7(6-16)9(3-8)15(4-10(13)17)5-11(14)18/h1-3,16H,4-6H2,(H2,13,17)(H2,14,18). The highest BCUT2D eigenvalue weighted by Gasteiger charge is 2.15. The van der Waals surface area contributed by atoms with Crippen LogP contribution in [0.25, 0.3) is 0 Å². The number of halogens is 1. The first kappa shape index (κ1) is 14.3. The Labute approximate surface area is 109 Å². The number of nitrogens with two attached hydrogens (primary N) is 2. The summed E-state index contributed by atoms with van der Waals surface area (Å²) in [5.74, 6) is -1.22. The Morgan fingerprint density at radius 2 is 1.78 bits per heavy atom. The highest BCUT2D eigenvalue weighted by atomic mass is 35.5. The van der Waals surface area contributed by atoms with Crippen molar-refractivity contribution in [2.75, 3.05) is 18.0 Å². The summed E-state index contributed by atoms with van der Waals surface area (Å²) in [6.45, 7) is -0.618. The molecule has 6 nitrogen and oxygen atoms in total. The van der Waals surface area contributed by atoms with Crippen LogP contribution in [0.15, 0.2) is 18.2 Å². The van der Waals surface area contributed by atoms with Crippen molar-refractivity contribution in [2.24, 2.45) is 11.5 Å². The van der Waals surface area contributed by atoms with Gasteiger partial charge in [-0.05, 0) is 12.1 Å². The summed E-state index contributed by atoms with van der Waals surface area (Å²) in [6.07, 6.45) is 0. The smallest absolute Gasteiger partial charge is 0.236 e. The number of benzene rings is 1. The average molecular weight is 272 g/mol. The van der Waals surface area contributed by atoms with Crippen LogP contribution in [-0.2, 0) is 16.2 Å². The topological polar surface area (TPSA) is 110 Å². The number of carbonyl (C=O) groups excluding carboxylic acids is 2. The van der Waals surface area contributed by atoms with Crippen LogP contribution < -0.4 is 16.4 Å². The van der Waals surface area contributed by atoms with Crippen molar-refractivity contribution in [1.29, 1.82) is 0 Å². The number of hydrogen-bond donors (Lipinski definition) is 3. The number of aliphatic hydroxyl groups is 1. The minimum Gasteiger partial charge on any atom is -0.392 e. The van der Waals surface area contributed by atoms with Gasteiger partial charge in [-0.3, -0.25) is 9.59 Å². The number of rotatable bonds is 6. The summed E-state index contributed by atoms with van der Waals surface area (Å²) < 4.78 is 0. The molecular formula is C11H14ClN3O3. The molecule has 18 heavy (non-hydrogen) atoms. The number of nitrogens with zero attached hydrogens (tertiary/aromatic N) is 1. The van der Waals surface area contributed by atoms with Crippen molar-refractivity contribution in [1.82, 2.24) is 0 Å². The summed E-state index contributed by atoms with van der Waals surface area (Å²) >= 11 is 5.85. The molecule has 0 atom stereocenters. The fourth-order valence-electron chi connectivity index (χ4n) is 1.57. The maximum absolute atomic E-state index is 11.0. The highest BCUT2D eigenvalue weighted by Crippen LogP contribution is 2.24. The molecule has 0 unspecified atom stereocenters. The van der Waals surface area contributed by atoms with Gasteiger partial charge in [0.05, 0.1) is 19.7 Å². The van der Waals surface area contributed by atoms with Crippen molar-refractivity contribution >= 4 is 29.1 Å². The van der Waals surface area contributed by atoms with E-state index in [1.807, 2.05) is 0 Å². The van der Waals surface area contributed by atoms with Gasteiger partial charge in [0.1, 0.15) is 0 Å². The third-order valence-corrected chi connectivity index (χ3v) is 2.49. The fraction of sp³-hybridized carbons (Fsp3) is 0.273. The number of carbonyl (C=O) groups is 2. The molecule has 7 heteroatoms. The molecule has 98 valence electrons. The van der Waals surface area contributed by atoms with Crippen molar-refractivity contribution in [2.45, 2.75) is 6.61 Å². The molecule has 0 fully saturated rings. The Kier molecular flexibility index (Phi) is 4.94. The summed E-state index contributed by atoms with van der Waals surface area (Å²) in [4.78, 5) is 23.3. The van der Waals surface area contributed by atoms with Crippen LogP contribution in [0.1, 0.15) is 5.56 Å². The van der Waals surface area contributed by atoms with Crippen LogP contribution in [0.4, 0.5) is 5.69 Å². The van der Waals surface area contributed by atoms with Gasteiger partial charge in [0.25, 0.3) is 0 Å². The molecule has 5 N–H and O–H groups in total. The van der Waals surface area contributed by atoms with E-state index in [0.717, 1.165) is 0 Å². The molecule has 1 aromatic carbocycles. The molecule has 0 radical (unpaired) electrons.